The van der Waals surface area contributed by atoms with E-state index >= 15 is 0 Å². The van der Waals surface area contributed by atoms with Crippen molar-refractivity contribution in [2.75, 3.05) is 19.8 Å². The second kappa shape index (κ2) is 6.19. The van der Waals surface area contributed by atoms with Crippen LogP contribution in [0.15, 0.2) is 11.1 Å². The number of rotatable bonds is 5. The molecule has 0 radical (unpaired) electrons. The first-order chi connectivity index (χ1) is 7.16. The summed E-state index contributed by atoms with van der Waals surface area (Å²) in [4.78, 5) is 15.8. The summed E-state index contributed by atoms with van der Waals surface area (Å²) in [5.74, 6) is 0. The molecule has 84 valence electrons. The number of halogens is 1. The number of nitrogens with zero attached hydrogens (tertiary/aromatic N) is 2. The average molecular weight is 324 g/mol. The molecule has 0 saturated heterocycles. The van der Waals surface area contributed by atoms with Crippen LogP contribution in [0.25, 0.3) is 0 Å². The van der Waals surface area contributed by atoms with Crippen LogP contribution >= 0.6 is 22.6 Å². The summed E-state index contributed by atoms with van der Waals surface area (Å²) in [6.45, 7) is 2.96. The van der Waals surface area contributed by atoms with Crippen LogP contribution in [-0.2, 0) is 11.3 Å². The van der Waals surface area contributed by atoms with Gasteiger partial charge in [-0.05, 0) is 29.5 Å². The molecule has 0 amide bonds. The molecule has 0 aliphatic rings. The first kappa shape index (κ1) is 12.6. The molecule has 6 heteroatoms. The van der Waals surface area contributed by atoms with Crippen molar-refractivity contribution in [1.29, 1.82) is 0 Å². The molecule has 0 saturated carbocycles. The van der Waals surface area contributed by atoms with E-state index in [1.807, 2.05) is 22.6 Å². The molecule has 1 N–H and O–H groups in total. The van der Waals surface area contributed by atoms with Gasteiger partial charge in [0, 0.05) is 0 Å². The molecular weight excluding hydrogens is 311 g/mol. The van der Waals surface area contributed by atoms with Crippen molar-refractivity contribution in [1.82, 2.24) is 9.55 Å². The minimum Gasteiger partial charge on any atom is -0.394 e. The van der Waals surface area contributed by atoms with E-state index in [1.54, 1.807) is 6.92 Å². The Morgan fingerprint density at radius 2 is 2.33 bits per heavy atom. The van der Waals surface area contributed by atoms with Gasteiger partial charge in [-0.25, -0.2) is 4.98 Å². The lowest BCUT2D eigenvalue weighted by Crippen LogP contribution is -2.26. The van der Waals surface area contributed by atoms with Crippen molar-refractivity contribution in [3.05, 3.63) is 25.9 Å². The Kier molecular flexibility index (Phi) is 5.20. The Morgan fingerprint density at radius 1 is 1.60 bits per heavy atom. The number of aliphatic hydroxyl groups is 1. The molecular formula is C9H13IN2O3. The van der Waals surface area contributed by atoms with Gasteiger partial charge in [-0.1, -0.05) is 0 Å². The lowest BCUT2D eigenvalue weighted by Gasteiger charge is -2.06. The first-order valence-corrected chi connectivity index (χ1v) is 5.65. The summed E-state index contributed by atoms with van der Waals surface area (Å²) in [7, 11) is 0. The van der Waals surface area contributed by atoms with Gasteiger partial charge in [0.25, 0.3) is 5.56 Å². The van der Waals surface area contributed by atoms with Crippen molar-refractivity contribution in [2.24, 2.45) is 0 Å². The summed E-state index contributed by atoms with van der Waals surface area (Å²) in [6.07, 6.45) is 1.52. The molecule has 15 heavy (non-hydrogen) atoms. The van der Waals surface area contributed by atoms with Crippen molar-refractivity contribution in [2.45, 2.75) is 13.5 Å². The molecule has 0 spiro atoms. The van der Waals surface area contributed by atoms with Gasteiger partial charge in [0.15, 0.2) is 0 Å². The maximum atomic E-state index is 11.7. The largest absolute Gasteiger partial charge is 0.394 e. The van der Waals surface area contributed by atoms with Gasteiger partial charge >= 0.3 is 0 Å². The van der Waals surface area contributed by atoms with Crippen LogP contribution in [0.2, 0.25) is 0 Å². The molecule has 1 aromatic heterocycles. The van der Waals surface area contributed by atoms with E-state index in [0.29, 0.717) is 23.3 Å². The van der Waals surface area contributed by atoms with Crippen LogP contribution < -0.4 is 5.56 Å². The van der Waals surface area contributed by atoms with Crippen LogP contribution in [0.3, 0.4) is 0 Å². The standard InChI is InChI=1S/C9H13IN2O3/c1-7-8(10)9(14)12(6-11-7)2-4-15-5-3-13/h6,13H,2-5H2,1H3. The van der Waals surface area contributed by atoms with E-state index in [9.17, 15) is 4.79 Å². The Bertz CT molecular complexity index is 378. The predicted octanol–water partition coefficient (Wildman–Crippen LogP) is 0.165. The molecule has 1 heterocycles. The fraction of sp³-hybridized carbons (Fsp3) is 0.556. The van der Waals surface area contributed by atoms with Gasteiger partial charge in [0.1, 0.15) is 0 Å². The van der Waals surface area contributed by atoms with E-state index in [1.165, 1.54) is 10.9 Å². The lowest BCUT2D eigenvalue weighted by molar-refractivity contribution is 0.0863. The molecule has 0 aliphatic heterocycles. The highest BCUT2D eigenvalue weighted by molar-refractivity contribution is 14.1. The van der Waals surface area contributed by atoms with Crippen LogP contribution in [0.5, 0.6) is 0 Å². The Labute approximate surface area is 101 Å². The SMILES string of the molecule is Cc1ncn(CCOCCO)c(=O)c1I. The Morgan fingerprint density at radius 3 is 3.00 bits per heavy atom. The normalized spacial score (nSPS) is 10.6. The second-order valence-electron chi connectivity index (χ2n) is 2.98. The molecule has 0 atom stereocenters. The zero-order valence-corrected chi connectivity index (χ0v) is 10.6. The zero-order chi connectivity index (χ0) is 11.3. The molecule has 0 fully saturated rings. The summed E-state index contributed by atoms with van der Waals surface area (Å²) in [5.41, 5.74) is 0.698. The molecule has 0 aliphatic carbocycles. The van der Waals surface area contributed by atoms with Gasteiger partial charge in [-0.15, -0.1) is 0 Å². The highest BCUT2D eigenvalue weighted by Crippen LogP contribution is 2.00. The quantitative estimate of drug-likeness (QED) is 0.619. The molecule has 1 aromatic rings. The molecule has 1 rings (SSSR count). The maximum Gasteiger partial charge on any atom is 0.267 e. The van der Waals surface area contributed by atoms with Crippen molar-refractivity contribution < 1.29 is 9.84 Å². The smallest absolute Gasteiger partial charge is 0.267 e. The van der Waals surface area contributed by atoms with E-state index in [0.717, 1.165) is 5.69 Å². The zero-order valence-electron chi connectivity index (χ0n) is 8.44. The van der Waals surface area contributed by atoms with Gasteiger partial charge < -0.3 is 9.84 Å². The van der Waals surface area contributed by atoms with Crippen molar-refractivity contribution in [3.63, 3.8) is 0 Å². The molecule has 0 unspecified atom stereocenters. The van der Waals surface area contributed by atoms with Crippen LogP contribution in [0, 0.1) is 10.5 Å². The average Bonchev–Trinajstić information content (AvgIpc) is 2.24. The summed E-state index contributed by atoms with van der Waals surface area (Å²) in [6, 6.07) is 0. The lowest BCUT2D eigenvalue weighted by atomic mass is 10.4. The summed E-state index contributed by atoms with van der Waals surface area (Å²) < 4.78 is 7.21. The Balaban J connectivity index is 2.63. The number of ether oxygens (including phenoxy) is 1. The highest BCUT2D eigenvalue weighted by atomic mass is 127. The fourth-order valence-corrected chi connectivity index (χ4v) is 1.48. The van der Waals surface area contributed by atoms with E-state index in [-0.39, 0.29) is 12.2 Å². The highest BCUT2D eigenvalue weighted by Gasteiger charge is 2.04. The Hall–Kier alpha value is -0.470. The number of aryl methyl sites for hydroxylation is 1. The number of aliphatic hydroxyl groups excluding tert-OH is 1. The third-order valence-corrected chi connectivity index (χ3v) is 3.11. The van der Waals surface area contributed by atoms with Gasteiger partial charge in [0.05, 0.1) is 42.0 Å². The van der Waals surface area contributed by atoms with Crippen LogP contribution in [-0.4, -0.2) is 34.5 Å². The number of aromatic nitrogens is 2. The molecule has 0 aromatic carbocycles. The van der Waals surface area contributed by atoms with E-state index < -0.39 is 0 Å². The van der Waals surface area contributed by atoms with Crippen molar-refractivity contribution in [3.8, 4) is 0 Å². The van der Waals surface area contributed by atoms with Gasteiger partial charge in [-0.3, -0.25) is 9.36 Å². The van der Waals surface area contributed by atoms with Crippen LogP contribution in [0.4, 0.5) is 0 Å². The summed E-state index contributed by atoms with van der Waals surface area (Å²) in [5, 5.41) is 8.49. The number of hydrogen-bond acceptors (Lipinski definition) is 4. The monoisotopic (exact) mass is 324 g/mol. The minimum atomic E-state index is -0.0456. The molecule has 0 bridgehead atoms. The van der Waals surface area contributed by atoms with Gasteiger partial charge in [-0.2, -0.15) is 0 Å². The number of hydrogen-bond donors (Lipinski definition) is 1. The second-order valence-corrected chi connectivity index (χ2v) is 4.06. The predicted molar refractivity (Wildman–Crippen MR) is 63.9 cm³/mol. The topological polar surface area (TPSA) is 64.3 Å². The third kappa shape index (κ3) is 3.54. The van der Waals surface area contributed by atoms with E-state index in [2.05, 4.69) is 4.98 Å². The van der Waals surface area contributed by atoms with Gasteiger partial charge in [0.2, 0.25) is 0 Å². The van der Waals surface area contributed by atoms with E-state index in [4.69, 9.17) is 9.84 Å². The summed E-state index contributed by atoms with van der Waals surface area (Å²) >= 11 is 1.99. The third-order valence-electron chi connectivity index (χ3n) is 1.87. The van der Waals surface area contributed by atoms with Crippen molar-refractivity contribution >= 4 is 22.6 Å². The first-order valence-electron chi connectivity index (χ1n) is 4.57. The fourth-order valence-electron chi connectivity index (χ4n) is 1.04. The maximum absolute atomic E-state index is 11.7. The van der Waals surface area contributed by atoms with Crippen LogP contribution in [0.1, 0.15) is 5.69 Å². The minimum absolute atomic E-state index is 0.00141. The molecule has 5 nitrogen and oxygen atoms in total.